The van der Waals surface area contributed by atoms with Gasteiger partial charge in [0.25, 0.3) is 5.69 Å². The molecule has 0 radical (unpaired) electrons. The van der Waals surface area contributed by atoms with Gasteiger partial charge in [-0.25, -0.2) is 0 Å². The van der Waals surface area contributed by atoms with E-state index in [9.17, 15) is 10.1 Å². The number of hydrogen-bond acceptors (Lipinski definition) is 3. The maximum atomic E-state index is 11.0. The summed E-state index contributed by atoms with van der Waals surface area (Å²) in [5.74, 6) is 1.27. The van der Waals surface area contributed by atoms with Crippen molar-refractivity contribution in [2.24, 2.45) is 10.9 Å². The predicted octanol–water partition coefficient (Wildman–Crippen LogP) is 3.31. The van der Waals surface area contributed by atoms with Crippen molar-refractivity contribution in [1.82, 2.24) is 10.6 Å². The van der Waals surface area contributed by atoms with Crippen molar-refractivity contribution in [3.8, 4) is 0 Å². The summed E-state index contributed by atoms with van der Waals surface area (Å²) in [5, 5.41) is 17.3. The molecule has 0 heterocycles. The normalized spacial score (nSPS) is 11.0. The third-order valence-electron chi connectivity index (χ3n) is 3.57. The minimum Gasteiger partial charge on any atom is -0.356 e. The van der Waals surface area contributed by atoms with Crippen LogP contribution in [0, 0.1) is 16.0 Å². The van der Waals surface area contributed by atoms with Crippen molar-refractivity contribution in [2.75, 3.05) is 13.6 Å². The second-order valence-electron chi connectivity index (χ2n) is 4.88. The van der Waals surface area contributed by atoms with Crippen molar-refractivity contribution in [3.63, 3.8) is 0 Å². The van der Waals surface area contributed by atoms with Gasteiger partial charge < -0.3 is 10.6 Å². The number of aliphatic imine (C=N–C) groups is 1. The summed E-state index contributed by atoms with van der Waals surface area (Å²) >= 11 is 0. The van der Waals surface area contributed by atoms with Crippen molar-refractivity contribution in [3.05, 3.63) is 39.9 Å². The third-order valence-corrected chi connectivity index (χ3v) is 3.57. The summed E-state index contributed by atoms with van der Waals surface area (Å²) in [4.78, 5) is 14.7. The molecule has 0 saturated carbocycles. The Morgan fingerprint density at radius 3 is 2.45 bits per heavy atom. The molecular formula is C15H25IN4O2. The molecule has 6 nitrogen and oxygen atoms in total. The van der Waals surface area contributed by atoms with E-state index < -0.39 is 0 Å². The fourth-order valence-electron chi connectivity index (χ4n) is 2.06. The molecule has 0 amide bonds. The average Bonchev–Trinajstić information content (AvgIpc) is 2.51. The zero-order chi connectivity index (χ0) is 15.7. The topological polar surface area (TPSA) is 79.6 Å². The van der Waals surface area contributed by atoms with E-state index in [1.54, 1.807) is 25.2 Å². The Morgan fingerprint density at radius 1 is 1.27 bits per heavy atom. The number of nitrogens with zero attached hydrogens (tertiary/aromatic N) is 2. The quantitative estimate of drug-likeness (QED) is 0.233. The Hall–Kier alpha value is -1.38. The van der Waals surface area contributed by atoms with Crippen LogP contribution in [0.3, 0.4) is 0 Å². The molecule has 0 atom stereocenters. The average molecular weight is 420 g/mol. The summed E-state index contributed by atoms with van der Waals surface area (Å²) in [6.45, 7) is 5.56. The minimum absolute atomic E-state index is 0. The zero-order valence-corrected chi connectivity index (χ0v) is 15.7. The van der Waals surface area contributed by atoms with E-state index in [1.807, 2.05) is 0 Å². The Bertz CT molecular complexity index is 490. The first kappa shape index (κ1) is 20.6. The van der Waals surface area contributed by atoms with E-state index in [1.165, 1.54) is 6.07 Å². The number of nitro benzene ring substituents is 1. The Labute approximate surface area is 149 Å². The van der Waals surface area contributed by atoms with Gasteiger partial charge >= 0.3 is 0 Å². The highest BCUT2D eigenvalue weighted by Gasteiger charge is 2.12. The summed E-state index contributed by atoms with van der Waals surface area (Å²) in [6.07, 6.45) is 2.23. The number of para-hydroxylation sites is 1. The third kappa shape index (κ3) is 6.59. The molecule has 0 saturated heterocycles. The number of nitro groups is 1. The molecular weight excluding hydrogens is 395 g/mol. The molecule has 1 aromatic carbocycles. The predicted molar refractivity (Wildman–Crippen MR) is 101 cm³/mol. The van der Waals surface area contributed by atoms with E-state index in [0.29, 0.717) is 24.0 Å². The molecule has 0 bridgehead atoms. The lowest BCUT2D eigenvalue weighted by atomic mass is 10.0. The van der Waals surface area contributed by atoms with Gasteiger partial charge in [0.05, 0.1) is 4.92 Å². The number of rotatable bonds is 7. The lowest BCUT2D eigenvalue weighted by Crippen LogP contribution is -2.39. The SMILES string of the molecule is CCC(CC)CNC(=NC)NCc1ccccc1[N+](=O)[O-].I. The molecule has 0 aliphatic rings. The van der Waals surface area contributed by atoms with Crippen LogP contribution in [0.5, 0.6) is 0 Å². The lowest BCUT2D eigenvalue weighted by molar-refractivity contribution is -0.385. The van der Waals surface area contributed by atoms with Gasteiger partial charge in [-0.3, -0.25) is 15.1 Å². The number of guanidine groups is 1. The minimum atomic E-state index is -0.364. The molecule has 0 spiro atoms. The second kappa shape index (κ2) is 11.2. The second-order valence-corrected chi connectivity index (χ2v) is 4.88. The largest absolute Gasteiger partial charge is 0.356 e. The standard InChI is InChI=1S/C15H24N4O2.HI/c1-4-12(5-2)10-17-15(16-3)18-11-13-8-6-7-9-14(13)19(20)21;/h6-9,12H,4-5,10-11H2,1-3H3,(H2,16,17,18);1H. The number of halogens is 1. The number of benzene rings is 1. The first-order chi connectivity index (χ1) is 10.1. The molecule has 0 aromatic heterocycles. The summed E-state index contributed by atoms with van der Waals surface area (Å²) < 4.78 is 0. The number of nitrogens with one attached hydrogen (secondary N) is 2. The Kier molecular flexibility index (Phi) is 10.5. The molecule has 0 aliphatic heterocycles. The maximum absolute atomic E-state index is 11.0. The van der Waals surface area contributed by atoms with Gasteiger partial charge in [0.2, 0.25) is 0 Å². The van der Waals surface area contributed by atoms with E-state index in [-0.39, 0.29) is 34.6 Å². The molecule has 1 rings (SSSR count). The van der Waals surface area contributed by atoms with Crippen LogP contribution in [-0.4, -0.2) is 24.5 Å². The highest BCUT2D eigenvalue weighted by atomic mass is 127. The van der Waals surface area contributed by atoms with Crippen molar-refractivity contribution in [2.45, 2.75) is 33.2 Å². The van der Waals surface area contributed by atoms with E-state index in [0.717, 1.165) is 19.4 Å². The van der Waals surface area contributed by atoms with Crippen LogP contribution in [0.4, 0.5) is 5.69 Å². The summed E-state index contributed by atoms with van der Waals surface area (Å²) in [6, 6.07) is 6.73. The fourth-order valence-corrected chi connectivity index (χ4v) is 2.06. The summed E-state index contributed by atoms with van der Waals surface area (Å²) in [5.41, 5.74) is 0.772. The van der Waals surface area contributed by atoms with Gasteiger partial charge in [-0.05, 0) is 5.92 Å². The highest BCUT2D eigenvalue weighted by molar-refractivity contribution is 14.0. The van der Waals surface area contributed by atoms with Gasteiger partial charge in [0.1, 0.15) is 0 Å². The van der Waals surface area contributed by atoms with Crippen LogP contribution < -0.4 is 10.6 Å². The van der Waals surface area contributed by atoms with Crippen molar-refractivity contribution >= 4 is 35.6 Å². The molecule has 22 heavy (non-hydrogen) atoms. The molecule has 124 valence electrons. The van der Waals surface area contributed by atoms with Crippen LogP contribution >= 0.6 is 24.0 Å². The highest BCUT2D eigenvalue weighted by Crippen LogP contribution is 2.16. The van der Waals surface area contributed by atoms with E-state index >= 15 is 0 Å². The monoisotopic (exact) mass is 420 g/mol. The molecule has 0 unspecified atom stereocenters. The lowest BCUT2D eigenvalue weighted by Gasteiger charge is -2.16. The van der Waals surface area contributed by atoms with Crippen LogP contribution in [0.15, 0.2) is 29.3 Å². The van der Waals surface area contributed by atoms with Crippen molar-refractivity contribution < 1.29 is 4.92 Å². The summed E-state index contributed by atoms with van der Waals surface area (Å²) in [7, 11) is 1.70. The van der Waals surface area contributed by atoms with Gasteiger partial charge in [0, 0.05) is 31.8 Å². The Balaban J connectivity index is 0.00000441. The zero-order valence-electron chi connectivity index (χ0n) is 13.3. The van der Waals surface area contributed by atoms with Crippen LogP contribution in [0.2, 0.25) is 0 Å². The smallest absolute Gasteiger partial charge is 0.274 e. The van der Waals surface area contributed by atoms with Gasteiger partial charge in [-0.15, -0.1) is 24.0 Å². The van der Waals surface area contributed by atoms with Gasteiger partial charge in [-0.2, -0.15) is 0 Å². The molecule has 1 aromatic rings. The molecule has 2 N–H and O–H groups in total. The van der Waals surface area contributed by atoms with Gasteiger partial charge in [-0.1, -0.05) is 44.9 Å². The van der Waals surface area contributed by atoms with Crippen LogP contribution in [-0.2, 0) is 6.54 Å². The Morgan fingerprint density at radius 2 is 1.91 bits per heavy atom. The first-order valence-electron chi connectivity index (χ1n) is 7.29. The van der Waals surface area contributed by atoms with Gasteiger partial charge in [0.15, 0.2) is 5.96 Å². The van der Waals surface area contributed by atoms with Crippen LogP contribution in [0.25, 0.3) is 0 Å². The fraction of sp³-hybridized carbons (Fsp3) is 0.533. The van der Waals surface area contributed by atoms with E-state index in [4.69, 9.17) is 0 Å². The molecule has 0 fully saturated rings. The van der Waals surface area contributed by atoms with Crippen molar-refractivity contribution in [1.29, 1.82) is 0 Å². The molecule has 7 heteroatoms. The first-order valence-corrected chi connectivity index (χ1v) is 7.29. The van der Waals surface area contributed by atoms with Crippen LogP contribution in [0.1, 0.15) is 32.3 Å². The van der Waals surface area contributed by atoms with E-state index in [2.05, 4.69) is 29.5 Å². The molecule has 0 aliphatic carbocycles. The maximum Gasteiger partial charge on any atom is 0.274 e. The number of hydrogen-bond donors (Lipinski definition) is 2.